The number of rotatable bonds is 3. The molecule has 0 spiro atoms. The lowest BCUT2D eigenvalue weighted by Crippen LogP contribution is -1.93. The molecule has 2 nitrogen and oxygen atoms in total. The van der Waals surface area contributed by atoms with Crippen molar-refractivity contribution >= 4 is 14.3 Å². The predicted octanol–water partition coefficient (Wildman–Crippen LogP) is 1.84. The molecule has 0 heterocycles. The van der Waals surface area contributed by atoms with Crippen LogP contribution in [-0.2, 0) is 4.74 Å². The molecule has 0 rings (SSSR count). The van der Waals surface area contributed by atoms with Crippen LogP contribution in [0.5, 0.6) is 0 Å². The minimum absolute atomic E-state index is 0.0602. The fourth-order valence-corrected chi connectivity index (χ4v) is 0.862. The molecular weight excluding hydrogens is 123 g/mol. The Kier molecular flexibility index (Phi) is 4.98. The summed E-state index contributed by atoms with van der Waals surface area (Å²) >= 11 is 0. The second-order valence-electron chi connectivity index (χ2n) is 1.25. The van der Waals surface area contributed by atoms with Crippen molar-refractivity contribution in [2.24, 2.45) is 0 Å². The maximum atomic E-state index is 10.4. The van der Waals surface area contributed by atoms with Crippen LogP contribution in [0.4, 0.5) is 4.79 Å². The van der Waals surface area contributed by atoms with Crippen molar-refractivity contribution in [3.8, 4) is 0 Å². The molecule has 1 unspecified atom stereocenters. The van der Waals surface area contributed by atoms with Crippen LogP contribution in [0, 0.1) is 0 Å². The predicted molar refractivity (Wildman–Crippen MR) is 35.9 cm³/mol. The number of hydrogen-bond donors (Lipinski definition) is 0. The van der Waals surface area contributed by atoms with Gasteiger partial charge in [-0.15, -0.1) is 0 Å². The summed E-state index contributed by atoms with van der Waals surface area (Å²) in [6.07, 6.45) is 0.902. The Morgan fingerprint density at radius 3 is 2.62 bits per heavy atom. The van der Waals surface area contributed by atoms with Crippen molar-refractivity contribution in [2.75, 3.05) is 12.8 Å². The van der Waals surface area contributed by atoms with E-state index in [1.54, 1.807) is 0 Å². The van der Waals surface area contributed by atoms with E-state index < -0.39 is 0 Å². The van der Waals surface area contributed by atoms with Gasteiger partial charge in [-0.3, -0.25) is 0 Å². The van der Waals surface area contributed by atoms with E-state index >= 15 is 0 Å². The topological polar surface area (TPSA) is 26.3 Å². The summed E-state index contributed by atoms with van der Waals surface area (Å²) in [4.78, 5) is 10.4. The Balaban J connectivity index is 3.06. The van der Waals surface area contributed by atoms with Crippen LogP contribution < -0.4 is 0 Å². The summed E-state index contributed by atoms with van der Waals surface area (Å²) < 4.78 is 4.66. The normalized spacial score (nSPS) is 10.2. The average Bonchev–Trinajstić information content (AvgIpc) is 1.68. The molecule has 0 bridgehead atoms. The molecule has 0 aromatic rings. The highest BCUT2D eigenvalue weighted by Gasteiger charge is 1.95. The second-order valence-corrected chi connectivity index (χ2v) is 2.72. The Morgan fingerprint density at radius 2 is 2.25 bits per heavy atom. The molecule has 0 aliphatic rings. The zero-order chi connectivity index (χ0) is 6.41. The zero-order valence-electron chi connectivity index (χ0n) is 5.23. The standard InChI is InChI=1S/C5H11O2P/c1-3-7-5(6)8-4-2/h8H,3-4H2,1-2H3. The minimum atomic E-state index is -0.0602. The van der Waals surface area contributed by atoms with Crippen LogP contribution in [-0.4, -0.2) is 18.5 Å². The third-order valence-corrected chi connectivity index (χ3v) is 1.38. The lowest BCUT2D eigenvalue weighted by molar-refractivity contribution is 0.180. The van der Waals surface area contributed by atoms with Crippen LogP contribution in [0.15, 0.2) is 0 Å². The maximum absolute atomic E-state index is 10.4. The molecule has 3 heteroatoms. The molecule has 0 N–H and O–H groups in total. The Morgan fingerprint density at radius 1 is 1.62 bits per heavy atom. The fourth-order valence-electron chi connectivity index (χ4n) is 0.326. The molecule has 0 fully saturated rings. The number of hydrogen-bond acceptors (Lipinski definition) is 2. The lowest BCUT2D eigenvalue weighted by Gasteiger charge is -1.96. The first kappa shape index (κ1) is 7.90. The summed E-state index contributed by atoms with van der Waals surface area (Å²) in [6, 6.07) is 0. The molecule has 0 saturated heterocycles. The molecule has 0 amide bonds. The number of carbonyl (C=O) groups excluding carboxylic acids is 1. The molecule has 0 saturated carbocycles. The van der Waals surface area contributed by atoms with Crippen LogP contribution >= 0.6 is 8.58 Å². The Bertz CT molecular complexity index is 64.8. The molecular formula is C5H11O2P. The van der Waals surface area contributed by atoms with Gasteiger partial charge in [-0.2, -0.15) is 0 Å². The maximum Gasteiger partial charge on any atom is 0.322 e. The molecule has 1 atom stereocenters. The zero-order valence-corrected chi connectivity index (χ0v) is 6.23. The van der Waals surface area contributed by atoms with Gasteiger partial charge in [-0.1, -0.05) is 6.92 Å². The van der Waals surface area contributed by atoms with Gasteiger partial charge in [-0.05, 0) is 21.7 Å². The molecule has 0 radical (unpaired) electrons. The number of ether oxygens (including phenoxy) is 1. The van der Waals surface area contributed by atoms with Gasteiger partial charge in [0, 0.05) is 0 Å². The summed E-state index contributed by atoms with van der Waals surface area (Å²) in [5.41, 5.74) is -0.0602. The summed E-state index contributed by atoms with van der Waals surface area (Å²) in [5.74, 6) is 0. The first-order chi connectivity index (χ1) is 3.81. The van der Waals surface area contributed by atoms with Gasteiger partial charge in [0.25, 0.3) is 0 Å². The van der Waals surface area contributed by atoms with E-state index in [0.717, 1.165) is 6.16 Å². The van der Waals surface area contributed by atoms with Gasteiger partial charge in [0.15, 0.2) is 0 Å². The quantitative estimate of drug-likeness (QED) is 0.550. The molecule has 0 aromatic heterocycles. The lowest BCUT2D eigenvalue weighted by atomic mass is 10.9. The highest BCUT2D eigenvalue weighted by molar-refractivity contribution is 7.57. The first-order valence-corrected chi connectivity index (χ1v) is 3.92. The SMILES string of the molecule is CCOC(=O)PCC. The van der Waals surface area contributed by atoms with Crippen molar-refractivity contribution in [1.29, 1.82) is 0 Å². The van der Waals surface area contributed by atoms with Crippen LogP contribution in [0.2, 0.25) is 0 Å². The van der Waals surface area contributed by atoms with E-state index in [1.165, 1.54) is 0 Å². The van der Waals surface area contributed by atoms with Gasteiger partial charge in [0.1, 0.15) is 0 Å². The number of carbonyl (C=O) groups is 1. The second kappa shape index (κ2) is 5.04. The van der Waals surface area contributed by atoms with Crippen molar-refractivity contribution in [3.05, 3.63) is 0 Å². The highest BCUT2D eigenvalue weighted by Crippen LogP contribution is 2.11. The van der Waals surface area contributed by atoms with Crippen molar-refractivity contribution in [1.82, 2.24) is 0 Å². The van der Waals surface area contributed by atoms with Crippen molar-refractivity contribution in [2.45, 2.75) is 13.8 Å². The Hall–Kier alpha value is -0.100. The smallest absolute Gasteiger partial charge is 0.322 e. The average molecular weight is 134 g/mol. The van der Waals surface area contributed by atoms with Gasteiger partial charge >= 0.3 is 5.71 Å². The van der Waals surface area contributed by atoms with Gasteiger partial charge in [0.2, 0.25) is 0 Å². The summed E-state index contributed by atoms with van der Waals surface area (Å²) in [7, 11) is 0.334. The van der Waals surface area contributed by atoms with E-state index in [-0.39, 0.29) is 5.71 Å². The summed E-state index contributed by atoms with van der Waals surface area (Å²) in [6.45, 7) is 4.29. The minimum Gasteiger partial charge on any atom is -0.463 e. The van der Waals surface area contributed by atoms with E-state index in [9.17, 15) is 4.79 Å². The molecule has 0 aromatic carbocycles. The van der Waals surface area contributed by atoms with Crippen LogP contribution in [0.1, 0.15) is 13.8 Å². The van der Waals surface area contributed by atoms with E-state index in [2.05, 4.69) is 4.74 Å². The van der Waals surface area contributed by atoms with Crippen LogP contribution in [0.3, 0.4) is 0 Å². The largest absolute Gasteiger partial charge is 0.463 e. The third-order valence-electron chi connectivity index (χ3n) is 0.597. The highest BCUT2D eigenvalue weighted by atomic mass is 31.1. The van der Waals surface area contributed by atoms with E-state index in [1.807, 2.05) is 13.8 Å². The monoisotopic (exact) mass is 134 g/mol. The first-order valence-electron chi connectivity index (χ1n) is 2.71. The molecule has 0 aliphatic carbocycles. The molecule has 8 heavy (non-hydrogen) atoms. The summed E-state index contributed by atoms with van der Waals surface area (Å²) in [5, 5.41) is 0. The van der Waals surface area contributed by atoms with Crippen molar-refractivity contribution < 1.29 is 9.53 Å². The van der Waals surface area contributed by atoms with Gasteiger partial charge in [-0.25, -0.2) is 4.79 Å². The molecule has 48 valence electrons. The van der Waals surface area contributed by atoms with Gasteiger partial charge in [0.05, 0.1) is 6.61 Å². The van der Waals surface area contributed by atoms with Gasteiger partial charge < -0.3 is 4.74 Å². The molecule has 0 aliphatic heterocycles. The van der Waals surface area contributed by atoms with E-state index in [4.69, 9.17) is 0 Å². The third kappa shape index (κ3) is 4.07. The fraction of sp³-hybridized carbons (Fsp3) is 0.800. The van der Waals surface area contributed by atoms with E-state index in [0.29, 0.717) is 15.2 Å². The Labute approximate surface area is 51.4 Å². The van der Waals surface area contributed by atoms with Crippen LogP contribution in [0.25, 0.3) is 0 Å². The van der Waals surface area contributed by atoms with Crippen molar-refractivity contribution in [3.63, 3.8) is 0 Å².